The zero-order valence-electron chi connectivity index (χ0n) is 12.1. The molecule has 0 fully saturated rings. The number of nitrogens with one attached hydrogen (secondary N) is 1. The third-order valence-corrected chi connectivity index (χ3v) is 4.59. The van der Waals surface area contributed by atoms with Crippen LogP contribution in [0.1, 0.15) is 45.7 Å². The highest BCUT2D eigenvalue weighted by Gasteiger charge is 2.18. The van der Waals surface area contributed by atoms with E-state index in [2.05, 4.69) is 75.1 Å². The first-order valence-electron chi connectivity index (χ1n) is 7.05. The van der Waals surface area contributed by atoms with Crippen LogP contribution in [0.15, 0.2) is 30.3 Å². The molecule has 2 unspecified atom stereocenters. The molecule has 0 amide bonds. The van der Waals surface area contributed by atoms with Crippen molar-refractivity contribution in [1.29, 1.82) is 0 Å². The summed E-state index contributed by atoms with van der Waals surface area (Å²) in [4.78, 5) is 0. The van der Waals surface area contributed by atoms with Crippen LogP contribution in [0.3, 0.4) is 0 Å². The molecule has 1 aromatic carbocycles. The molecule has 1 rings (SSSR count). The summed E-state index contributed by atoms with van der Waals surface area (Å²) in [5, 5.41) is 4.30. The van der Waals surface area contributed by atoms with E-state index in [1.165, 1.54) is 17.7 Å². The van der Waals surface area contributed by atoms with Crippen LogP contribution < -0.4 is 5.32 Å². The Morgan fingerprint density at radius 2 is 1.78 bits per heavy atom. The van der Waals surface area contributed by atoms with Crippen LogP contribution in [0.2, 0.25) is 0 Å². The van der Waals surface area contributed by atoms with E-state index >= 15 is 0 Å². The Kier molecular flexibility index (Phi) is 7.45. The van der Waals surface area contributed by atoms with Gasteiger partial charge < -0.3 is 5.32 Å². The minimum absolute atomic E-state index is 0.468. The fourth-order valence-corrected chi connectivity index (χ4v) is 3.09. The molecular weight excluding hydrogens is 238 g/mol. The van der Waals surface area contributed by atoms with Gasteiger partial charge in [0, 0.05) is 11.3 Å². The van der Waals surface area contributed by atoms with E-state index in [0.29, 0.717) is 11.3 Å². The highest BCUT2D eigenvalue weighted by Crippen LogP contribution is 2.27. The standard InChI is InChI=1S/C16H27NS/c1-5-11-17-16(14(4)18-12-13(2)3)15-9-7-6-8-10-15/h6-10,13-14,16-17H,5,11-12H2,1-4H3. The topological polar surface area (TPSA) is 12.0 Å². The molecule has 1 nitrogen and oxygen atoms in total. The highest BCUT2D eigenvalue weighted by atomic mass is 32.2. The molecule has 0 aromatic heterocycles. The molecule has 2 heteroatoms. The maximum atomic E-state index is 3.69. The van der Waals surface area contributed by atoms with E-state index in [9.17, 15) is 0 Å². The number of benzene rings is 1. The first-order chi connectivity index (χ1) is 8.65. The summed E-state index contributed by atoms with van der Waals surface area (Å²) >= 11 is 2.08. The van der Waals surface area contributed by atoms with Crippen molar-refractivity contribution in [3.8, 4) is 0 Å². The van der Waals surface area contributed by atoms with Crippen LogP contribution >= 0.6 is 11.8 Å². The van der Waals surface area contributed by atoms with E-state index in [1.54, 1.807) is 0 Å². The van der Waals surface area contributed by atoms with Gasteiger partial charge in [0.15, 0.2) is 0 Å². The lowest BCUT2D eigenvalue weighted by Gasteiger charge is -2.26. The summed E-state index contributed by atoms with van der Waals surface area (Å²) in [7, 11) is 0. The first kappa shape index (κ1) is 15.6. The molecule has 0 aliphatic rings. The van der Waals surface area contributed by atoms with Crippen LogP contribution in [-0.4, -0.2) is 17.5 Å². The van der Waals surface area contributed by atoms with Crippen LogP contribution in [0.5, 0.6) is 0 Å². The van der Waals surface area contributed by atoms with E-state index in [1.807, 2.05) is 0 Å². The molecule has 0 aliphatic heterocycles. The van der Waals surface area contributed by atoms with Gasteiger partial charge in [-0.2, -0.15) is 11.8 Å². The third kappa shape index (κ3) is 5.45. The first-order valence-corrected chi connectivity index (χ1v) is 8.10. The zero-order chi connectivity index (χ0) is 13.4. The maximum absolute atomic E-state index is 3.69. The SMILES string of the molecule is CCCNC(c1ccccc1)C(C)SCC(C)C. The number of rotatable bonds is 8. The Hall–Kier alpha value is -0.470. The van der Waals surface area contributed by atoms with E-state index in [0.717, 1.165) is 12.5 Å². The molecule has 2 atom stereocenters. The average molecular weight is 265 g/mol. The summed E-state index contributed by atoms with van der Waals surface area (Å²) in [6, 6.07) is 11.3. The van der Waals surface area contributed by atoms with E-state index in [-0.39, 0.29) is 0 Å². The molecule has 0 spiro atoms. The summed E-state index contributed by atoms with van der Waals surface area (Å²) < 4.78 is 0. The lowest BCUT2D eigenvalue weighted by Crippen LogP contribution is -2.29. The van der Waals surface area contributed by atoms with Gasteiger partial charge in [-0.1, -0.05) is 58.0 Å². The number of thioether (sulfide) groups is 1. The van der Waals surface area contributed by atoms with Gasteiger partial charge in [-0.3, -0.25) is 0 Å². The summed E-state index contributed by atoms with van der Waals surface area (Å²) in [5.41, 5.74) is 1.41. The molecule has 1 N–H and O–H groups in total. The van der Waals surface area contributed by atoms with Crippen molar-refractivity contribution in [3.63, 3.8) is 0 Å². The van der Waals surface area contributed by atoms with Crippen molar-refractivity contribution in [1.82, 2.24) is 5.32 Å². The predicted octanol–water partition coefficient (Wildman–Crippen LogP) is 4.51. The molecule has 0 aliphatic carbocycles. The Labute approximate surface area is 117 Å². The van der Waals surface area contributed by atoms with Gasteiger partial charge in [-0.25, -0.2) is 0 Å². The molecule has 0 radical (unpaired) electrons. The maximum Gasteiger partial charge on any atom is 0.0437 e. The fraction of sp³-hybridized carbons (Fsp3) is 0.625. The van der Waals surface area contributed by atoms with Crippen LogP contribution in [-0.2, 0) is 0 Å². The van der Waals surface area contributed by atoms with Crippen molar-refractivity contribution in [2.45, 2.75) is 45.4 Å². The zero-order valence-corrected chi connectivity index (χ0v) is 13.0. The molecule has 0 heterocycles. The second kappa shape index (κ2) is 8.60. The van der Waals surface area contributed by atoms with Crippen LogP contribution in [0.4, 0.5) is 0 Å². The lowest BCUT2D eigenvalue weighted by molar-refractivity contribution is 0.527. The van der Waals surface area contributed by atoms with Crippen LogP contribution in [0, 0.1) is 5.92 Å². The van der Waals surface area contributed by atoms with Crippen molar-refractivity contribution >= 4 is 11.8 Å². The van der Waals surface area contributed by atoms with Gasteiger partial charge >= 0.3 is 0 Å². The molecule has 1 aromatic rings. The summed E-state index contributed by atoms with van der Waals surface area (Å²) in [5.74, 6) is 2.00. The van der Waals surface area contributed by atoms with Crippen molar-refractivity contribution < 1.29 is 0 Å². The van der Waals surface area contributed by atoms with Gasteiger partial charge in [0.2, 0.25) is 0 Å². The monoisotopic (exact) mass is 265 g/mol. The molecule has 18 heavy (non-hydrogen) atoms. The van der Waals surface area contributed by atoms with E-state index in [4.69, 9.17) is 0 Å². The average Bonchev–Trinajstić information content (AvgIpc) is 2.38. The molecule has 0 saturated carbocycles. The Morgan fingerprint density at radius 1 is 1.11 bits per heavy atom. The normalized spacial score (nSPS) is 14.7. The van der Waals surface area contributed by atoms with Crippen molar-refractivity contribution in [2.75, 3.05) is 12.3 Å². The lowest BCUT2D eigenvalue weighted by atomic mass is 10.0. The van der Waals surface area contributed by atoms with Gasteiger partial charge in [-0.05, 0) is 30.2 Å². The summed E-state index contributed by atoms with van der Waals surface area (Å²) in [6.45, 7) is 10.2. The minimum atomic E-state index is 0.468. The van der Waals surface area contributed by atoms with E-state index < -0.39 is 0 Å². The predicted molar refractivity (Wildman–Crippen MR) is 84.2 cm³/mol. The highest BCUT2D eigenvalue weighted by molar-refractivity contribution is 7.99. The van der Waals surface area contributed by atoms with Crippen molar-refractivity contribution in [2.24, 2.45) is 5.92 Å². The fourth-order valence-electron chi connectivity index (χ4n) is 1.96. The van der Waals surface area contributed by atoms with Gasteiger partial charge in [0.05, 0.1) is 0 Å². The van der Waals surface area contributed by atoms with Gasteiger partial charge in [0.1, 0.15) is 0 Å². The molecule has 0 saturated heterocycles. The molecular formula is C16H27NS. The second-order valence-corrected chi connectivity index (χ2v) is 6.69. The Bertz CT molecular complexity index is 310. The number of hydrogen-bond donors (Lipinski definition) is 1. The number of hydrogen-bond acceptors (Lipinski definition) is 2. The third-order valence-electron chi connectivity index (χ3n) is 2.93. The Morgan fingerprint density at radius 3 is 2.33 bits per heavy atom. The molecule has 0 bridgehead atoms. The molecule has 102 valence electrons. The van der Waals surface area contributed by atoms with Crippen LogP contribution in [0.25, 0.3) is 0 Å². The Balaban J connectivity index is 2.65. The minimum Gasteiger partial charge on any atom is -0.309 e. The van der Waals surface area contributed by atoms with Gasteiger partial charge in [-0.15, -0.1) is 0 Å². The van der Waals surface area contributed by atoms with Gasteiger partial charge in [0.25, 0.3) is 0 Å². The largest absolute Gasteiger partial charge is 0.309 e. The quantitative estimate of drug-likeness (QED) is 0.742. The van der Waals surface area contributed by atoms with Crippen molar-refractivity contribution in [3.05, 3.63) is 35.9 Å². The summed E-state index contributed by atoms with van der Waals surface area (Å²) in [6.07, 6.45) is 1.19. The smallest absolute Gasteiger partial charge is 0.0437 e. The second-order valence-electron chi connectivity index (χ2n) is 5.27.